The first-order valence-corrected chi connectivity index (χ1v) is 7.89. The second kappa shape index (κ2) is 6.10. The van der Waals surface area contributed by atoms with E-state index in [9.17, 15) is 4.39 Å². The van der Waals surface area contributed by atoms with Crippen molar-refractivity contribution in [3.05, 3.63) is 41.0 Å². The summed E-state index contributed by atoms with van der Waals surface area (Å²) in [5.41, 5.74) is 2.21. The van der Waals surface area contributed by atoms with Gasteiger partial charge in [0.2, 0.25) is 11.9 Å². The van der Waals surface area contributed by atoms with Crippen molar-refractivity contribution in [2.24, 2.45) is 0 Å². The van der Waals surface area contributed by atoms with Gasteiger partial charge in [0, 0.05) is 33.1 Å². The van der Waals surface area contributed by atoms with Crippen molar-refractivity contribution in [2.75, 3.05) is 30.4 Å². The van der Waals surface area contributed by atoms with Crippen LogP contribution in [0.1, 0.15) is 36.7 Å². The van der Waals surface area contributed by atoms with Gasteiger partial charge < -0.3 is 9.80 Å². The third-order valence-corrected chi connectivity index (χ3v) is 4.01. The molecule has 122 valence electrons. The van der Waals surface area contributed by atoms with Crippen LogP contribution < -0.4 is 9.80 Å². The highest BCUT2D eigenvalue weighted by atomic mass is 19.1. The van der Waals surface area contributed by atoms with E-state index in [0.29, 0.717) is 18.4 Å². The van der Waals surface area contributed by atoms with Crippen LogP contribution in [0.15, 0.2) is 18.2 Å². The predicted molar refractivity (Wildman–Crippen MR) is 89.4 cm³/mol. The van der Waals surface area contributed by atoms with Gasteiger partial charge in [-0.05, 0) is 29.7 Å². The molecule has 0 N–H and O–H groups in total. The maximum Gasteiger partial charge on any atom is 0.230 e. The summed E-state index contributed by atoms with van der Waals surface area (Å²) < 4.78 is 13.3. The lowest BCUT2D eigenvalue weighted by atomic mass is 10.00. The highest BCUT2D eigenvalue weighted by molar-refractivity contribution is 5.43. The Hall–Kier alpha value is -2.24. The predicted octanol–water partition coefficient (Wildman–Crippen LogP) is 2.76. The molecule has 0 unspecified atom stereocenters. The molecule has 0 atom stereocenters. The zero-order valence-electron chi connectivity index (χ0n) is 14.0. The van der Waals surface area contributed by atoms with Crippen LogP contribution in [0.4, 0.5) is 16.3 Å². The third-order valence-electron chi connectivity index (χ3n) is 4.01. The lowest BCUT2D eigenvalue weighted by Gasteiger charge is -2.29. The second-order valence-corrected chi connectivity index (χ2v) is 6.43. The summed E-state index contributed by atoms with van der Waals surface area (Å²) in [6.07, 6.45) is 0.799. The van der Waals surface area contributed by atoms with E-state index in [1.165, 1.54) is 6.07 Å². The van der Waals surface area contributed by atoms with Crippen molar-refractivity contribution < 1.29 is 4.39 Å². The Labute approximate surface area is 136 Å². The summed E-state index contributed by atoms with van der Waals surface area (Å²) in [7, 11) is 3.86. The van der Waals surface area contributed by atoms with Gasteiger partial charge in [-0.15, -0.1) is 0 Å². The topological polar surface area (TPSA) is 45.2 Å². The molecule has 2 aromatic rings. The van der Waals surface area contributed by atoms with Gasteiger partial charge in [0.1, 0.15) is 11.6 Å². The molecule has 2 heterocycles. The van der Waals surface area contributed by atoms with Crippen molar-refractivity contribution in [3.63, 3.8) is 0 Å². The number of rotatable bonds is 3. The molecule has 6 heteroatoms. The molecule has 0 amide bonds. The lowest BCUT2D eigenvalue weighted by Crippen LogP contribution is -2.33. The van der Waals surface area contributed by atoms with Gasteiger partial charge >= 0.3 is 0 Å². The van der Waals surface area contributed by atoms with Crippen LogP contribution in [0.2, 0.25) is 0 Å². The van der Waals surface area contributed by atoms with Gasteiger partial charge in [0.05, 0.1) is 0 Å². The van der Waals surface area contributed by atoms with Crippen molar-refractivity contribution >= 4 is 11.9 Å². The number of hydrogen-bond acceptors (Lipinski definition) is 5. The average molecular weight is 315 g/mol. The Kier molecular flexibility index (Phi) is 4.15. The molecular weight excluding hydrogens is 293 g/mol. The summed E-state index contributed by atoms with van der Waals surface area (Å²) in [6, 6.07) is 5.00. The summed E-state index contributed by atoms with van der Waals surface area (Å²) in [6.45, 7) is 5.63. The Morgan fingerprint density at radius 3 is 2.61 bits per heavy atom. The third kappa shape index (κ3) is 3.25. The maximum absolute atomic E-state index is 13.3. The number of fused-ring (bicyclic) bond motifs is 1. The van der Waals surface area contributed by atoms with E-state index >= 15 is 0 Å². The van der Waals surface area contributed by atoms with Gasteiger partial charge in [0.15, 0.2) is 0 Å². The van der Waals surface area contributed by atoms with E-state index in [4.69, 9.17) is 0 Å². The Morgan fingerprint density at radius 2 is 1.91 bits per heavy atom. The zero-order valence-corrected chi connectivity index (χ0v) is 14.0. The second-order valence-electron chi connectivity index (χ2n) is 6.43. The summed E-state index contributed by atoms with van der Waals surface area (Å²) in [5.74, 6) is 2.23. The lowest BCUT2D eigenvalue weighted by molar-refractivity contribution is 0.617. The van der Waals surface area contributed by atoms with Gasteiger partial charge in [-0.1, -0.05) is 19.9 Å². The molecule has 1 aromatic carbocycles. The van der Waals surface area contributed by atoms with Crippen LogP contribution in [0, 0.1) is 5.82 Å². The minimum absolute atomic E-state index is 0.172. The minimum atomic E-state index is -0.172. The van der Waals surface area contributed by atoms with Crippen molar-refractivity contribution in [1.29, 1.82) is 0 Å². The molecule has 0 spiro atoms. The monoisotopic (exact) mass is 315 g/mol. The first-order chi connectivity index (χ1) is 10.9. The molecule has 0 saturated carbocycles. The first kappa shape index (κ1) is 15.6. The molecule has 3 rings (SSSR count). The Balaban J connectivity index is 1.94. The summed E-state index contributed by atoms with van der Waals surface area (Å²) >= 11 is 0. The number of hydrogen-bond donors (Lipinski definition) is 0. The van der Waals surface area contributed by atoms with Crippen LogP contribution >= 0.6 is 0 Å². The quantitative estimate of drug-likeness (QED) is 0.871. The Morgan fingerprint density at radius 1 is 1.13 bits per heavy atom. The van der Waals surface area contributed by atoms with E-state index in [2.05, 4.69) is 33.7 Å². The molecule has 0 fully saturated rings. The van der Waals surface area contributed by atoms with Crippen LogP contribution in [0.5, 0.6) is 0 Å². The fourth-order valence-electron chi connectivity index (χ4n) is 2.66. The minimum Gasteiger partial charge on any atom is -0.347 e. The molecule has 1 aliphatic rings. The van der Waals surface area contributed by atoms with Gasteiger partial charge in [0.25, 0.3) is 0 Å². The van der Waals surface area contributed by atoms with Crippen molar-refractivity contribution in [3.8, 4) is 0 Å². The van der Waals surface area contributed by atoms with E-state index in [-0.39, 0.29) is 11.7 Å². The summed E-state index contributed by atoms with van der Waals surface area (Å²) in [5, 5.41) is 0. The number of aromatic nitrogens is 3. The molecule has 23 heavy (non-hydrogen) atoms. The Bertz CT molecular complexity index is 688. The fraction of sp³-hybridized carbons (Fsp3) is 0.471. The van der Waals surface area contributed by atoms with Crippen LogP contribution in [0.3, 0.4) is 0 Å². The molecule has 5 nitrogen and oxygen atoms in total. The number of anilines is 2. The van der Waals surface area contributed by atoms with Gasteiger partial charge in [-0.25, -0.2) is 4.39 Å². The number of benzene rings is 1. The maximum atomic E-state index is 13.3. The molecule has 1 aliphatic heterocycles. The van der Waals surface area contributed by atoms with E-state index in [0.717, 1.165) is 29.9 Å². The van der Waals surface area contributed by atoms with E-state index in [1.54, 1.807) is 6.07 Å². The number of halogens is 1. The van der Waals surface area contributed by atoms with Gasteiger partial charge in [-0.2, -0.15) is 15.0 Å². The van der Waals surface area contributed by atoms with Crippen LogP contribution in [-0.4, -0.2) is 35.6 Å². The van der Waals surface area contributed by atoms with Crippen LogP contribution in [0.25, 0.3) is 0 Å². The SMILES string of the molecule is CC(C)c1nc(N(C)C)nc(N2CCc3cc(F)ccc3C2)n1. The highest BCUT2D eigenvalue weighted by Gasteiger charge is 2.21. The molecular formula is C17H22FN5. The summed E-state index contributed by atoms with van der Waals surface area (Å²) in [4.78, 5) is 17.8. The van der Waals surface area contributed by atoms with Crippen molar-refractivity contribution in [2.45, 2.75) is 32.7 Å². The number of nitrogens with zero attached hydrogens (tertiary/aromatic N) is 5. The van der Waals surface area contributed by atoms with Crippen LogP contribution in [-0.2, 0) is 13.0 Å². The van der Waals surface area contributed by atoms with E-state index in [1.807, 2.05) is 25.1 Å². The first-order valence-electron chi connectivity index (χ1n) is 7.89. The molecule has 0 aliphatic carbocycles. The molecule has 0 saturated heterocycles. The van der Waals surface area contributed by atoms with Crippen molar-refractivity contribution in [1.82, 2.24) is 15.0 Å². The molecule has 0 bridgehead atoms. The fourth-order valence-corrected chi connectivity index (χ4v) is 2.66. The standard InChI is InChI=1S/C17H22FN5/c1-11(2)15-19-16(22(3)4)21-17(20-15)23-8-7-12-9-14(18)6-5-13(12)10-23/h5-6,9,11H,7-8,10H2,1-4H3. The highest BCUT2D eigenvalue weighted by Crippen LogP contribution is 2.24. The molecule has 1 aromatic heterocycles. The smallest absolute Gasteiger partial charge is 0.230 e. The normalized spacial score (nSPS) is 14.1. The zero-order chi connectivity index (χ0) is 16.6. The van der Waals surface area contributed by atoms with E-state index < -0.39 is 0 Å². The van der Waals surface area contributed by atoms with Gasteiger partial charge in [-0.3, -0.25) is 0 Å². The molecule has 0 radical (unpaired) electrons. The average Bonchev–Trinajstić information content (AvgIpc) is 2.53. The largest absolute Gasteiger partial charge is 0.347 e.